The fraction of sp³-hybridized carbons (Fsp3) is 0.650. The van der Waals surface area contributed by atoms with E-state index in [1.54, 1.807) is 0 Å². The topological polar surface area (TPSA) is 58.8 Å². The third kappa shape index (κ3) is 4.90. The maximum absolute atomic E-state index is 11.8. The number of nitrogens with zero attached hydrogens (tertiary/aromatic N) is 2. The Bertz CT molecular complexity index is 611. The molecule has 0 spiro atoms. The number of amides is 1. The van der Waals surface area contributed by atoms with Crippen molar-refractivity contribution in [3.63, 3.8) is 0 Å². The number of likely N-dealkylation sites (tertiary alicyclic amines) is 2. The maximum atomic E-state index is 11.8. The number of carbonyl (C=O) groups is 1. The highest BCUT2D eigenvalue weighted by Crippen LogP contribution is 2.36. The zero-order chi connectivity index (χ0) is 18.5. The number of hydrogen-bond acceptors (Lipinski definition) is 4. The summed E-state index contributed by atoms with van der Waals surface area (Å²) in [5, 5.41) is 0.702. The molecule has 0 aromatic heterocycles. The van der Waals surface area contributed by atoms with Crippen LogP contribution in [0.1, 0.15) is 44.1 Å². The molecule has 0 radical (unpaired) electrons. The van der Waals surface area contributed by atoms with Gasteiger partial charge in [-0.15, -0.1) is 0 Å². The first-order chi connectivity index (χ1) is 12.6. The van der Waals surface area contributed by atoms with Gasteiger partial charge in [0.15, 0.2) is 0 Å². The summed E-state index contributed by atoms with van der Waals surface area (Å²) in [7, 11) is 0. The van der Waals surface area contributed by atoms with Crippen LogP contribution in [0.5, 0.6) is 5.75 Å². The first-order valence-electron chi connectivity index (χ1n) is 9.73. The molecule has 2 N–H and O–H groups in total. The Hall–Kier alpha value is -1.30. The Morgan fingerprint density at radius 1 is 1.27 bits per heavy atom. The van der Waals surface area contributed by atoms with Crippen molar-refractivity contribution in [3.8, 4) is 5.75 Å². The van der Waals surface area contributed by atoms with Crippen molar-refractivity contribution in [2.45, 2.75) is 44.6 Å². The lowest BCUT2D eigenvalue weighted by atomic mass is 9.88. The Labute approximate surface area is 161 Å². The number of ether oxygens (including phenoxy) is 1. The minimum absolute atomic E-state index is 0.0373. The molecule has 26 heavy (non-hydrogen) atoms. The molecule has 5 nitrogen and oxygen atoms in total. The third-order valence-electron chi connectivity index (χ3n) is 5.48. The highest BCUT2D eigenvalue weighted by atomic mass is 35.5. The average Bonchev–Trinajstić information content (AvgIpc) is 3.14. The Morgan fingerprint density at radius 2 is 1.96 bits per heavy atom. The number of carbonyl (C=O) groups excluding carboxylic acids is 1. The van der Waals surface area contributed by atoms with E-state index >= 15 is 0 Å². The van der Waals surface area contributed by atoms with Gasteiger partial charge in [0, 0.05) is 24.7 Å². The van der Waals surface area contributed by atoms with Crippen molar-refractivity contribution in [1.82, 2.24) is 9.80 Å². The van der Waals surface area contributed by atoms with E-state index in [4.69, 9.17) is 22.1 Å². The lowest BCUT2D eigenvalue weighted by molar-refractivity contribution is -0.130. The normalized spacial score (nSPS) is 20.3. The lowest BCUT2D eigenvalue weighted by Crippen LogP contribution is -2.41. The molecule has 2 heterocycles. The summed E-state index contributed by atoms with van der Waals surface area (Å²) in [4.78, 5) is 16.1. The summed E-state index contributed by atoms with van der Waals surface area (Å²) in [5.41, 5.74) is 6.69. The van der Waals surface area contributed by atoms with Crippen LogP contribution < -0.4 is 10.5 Å². The summed E-state index contributed by atoms with van der Waals surface area (Å²) in [6, 6.07) is 5.96. The molecular weight excluding hydrogens is 350 g/mol. The van der Waals surface area contributed by atoms with Gasteiger partial charge < -0.3 is 15.4 Å². The summed E-state index contributed by atoms with van der Waals surface area (Å²) < 4.78 is 6.31. The van der Waals surface area contributed by atoms with E-state index in [1.165, 1.54) is 31.5 Å². The molecule has 2 aliphatic heterocycles. The van der Waals surface area contributed by atoms with Crippen LogP contribution in [0.3, 0.4) is 0 Å². The average molecular weight is 380 g/mol. The number of halogens is 1. The second-order valence-electron chi connectivity index (χ2n) is 7.48. The van der Waals surface area contributed by atoms with Gasteiger partial charge in [-0.3, -0.25) is 9.69 Å². The van der Waals surface area contributed by atoms with E-state index in [2.05, 4.69) is 17.9 Å². The quantitative estimate of drug-likeness (QED) is 0.825. The van der Waals surface area contributed by atoms with E-state index in [0.29, 0.717) is 10.9 Å². The molecule has 6 heteroatoms. The van der Waals surface area contributed by atoms with E-state index < -0.39 is 0 Å². The van der Waals surface area contributed by atoms with Gasteiger partial charge in [-0.2, -0.15) is 0 Å². The van der Waals surface area contributed by atoms with Crippen LogP contribution >= 0.6 is 11.6 Å². The van der Waals surface area contributed by atoms with Gasteiger partial charge in [0.2, 0.25) is 5.91 Å². The number of piperidine rings is 1. The molecule has 3 rings (SSSR count). The van der Waals surface area contributed by atoms with Crippen molar-refractivity contribution in [2.75, 3.05) is 39.3 Å². The second kappa shape index (κ2) is 9.07. The fourth-order valence-corrected chi connectivity index (χ4v) is 4.26. The van der Waals surface area contributed by atoms with Crippen molar-refractivity contribution in [1.29, 1.82) is 0 Å². The lowest BCUT2D eigenvalue weighted by Gasteiger charge is -2.33. The van der Waals surface area contributed by atoms with Crippen LogP contribution in [-0.2, 0) is 4.79 Å². The molecule has 1 amide bonds. The number of hydrogen-bond donors (Lipinski definition) is 1. The molecule has 0 bridgehead atoms. The zero-order valence-electron chi connectivity index (χ0n) is 15.6. The van der Waals surface area contributed by atoms with Gasteiger partial charge in [0.25, 0.3) is 0 Å². The number of rotatable bonds is 6. The maximum Gasteiger partial charge on any atom is 0.236 e. The molecule has 144 valence electrons. The standard InChI is InChI=1S/C20H30ClN3O2/c1-15(14-23-8-2-3-9-23)26-19-12-17(21)4-5-18(19)16-6-10-24(11-7-16)20(25)13-22/h4-5,12,15-16H,2-3,6-11,13-14,22H2,1H3. The molecule has 0 saturated carbocycles. The first kappa shape index (κ1) is 19.5. The van der Waals surface area contributed by atoms with Crippen LogP contribution in [0, 0.1) is 0 Å². The molecular formula is C20H30ClN3O2. The van der Waals surface area contributed by atoms with Crippen LogP contribution in [0.25, 0.3) is 0 Å². The predicted octanol–water partition coefficient (Wildman–Crippen LogP) is 2.87. The van der Waals surface area contributed by atoms with E-state index in [-0.39, 0.29) is 18.6 Å². The number of benzene rings is 1. The first-order valence-corrected chi connectivity index (χ1v) is 10.1. The summed E-state index contributed by atoms with van der Waals surface area (Å²) in [6.45, 7) is 7.03. The minimum Gasteiger partial charge on any atom is -0.489 e. The van der Waals surface area contributed by atoms with Crippen LogP contribution in [-0.4, -0.2) is 61.1 Å². The van der Waals surface area contributed by atoms with Crippen LogP contribution in [0.2, 0.25) is 5.02 Å². The van der Waals surface area contributed by atoms with Crippen molar-refractivity contribution >= 4 is 17.5 Å². The summed E-state index contributed by atoms with van der Waals surface area (Å²) in [6.07, 6.45) is 4.57. The smallest absolute Gasteiger partial charge is 0.236 e. The van der Waals surface area contributed by atoms with E-state index in [9.17, 15) is 4.79 Å². The third-order valence-corrected chi connectivity index (χ3v) is 5.71. The molecule has 1 atom stereocenters. The van der Waals surface area contributed by atoms with Gasteiger partial charge in [0.05, 0.1) is 6.54 Å². The highest BCUT2D eigenvalue weighted by Gasteiger charge is 2.26. The molecule has 2 aliphatic rings. The zero-order valence-corrected chi connectivity index (χ0v) is 16.4. The molecule has 1 unspecified atom stereocenters. The molecule has 0 aliphatic carbocycles. The Morgan fingerprint density at radius 3 is 2.62 bits per heavy atom. The van der Waals surface area contributed by atoms with Crippen LogP contribution in [0.4, 0.5) is 0 Å². The predicted molar refractivity (Wildman–Crippen MR) is 105 cm³/mol. The second-order valence-corrected chi connectivity index (χ2v) is 7.91. The van der Waals surface area contributed by atoms with Gasteiger partial charge in [-0.25, -0.2) is 0 Å². The Kier molecular flexibility index (Phi) is 6.79. The largest absolute Gasteiger partial charge is 0.489 e. The summed E-state index contributed by atoms with van der Waals surface area (Å²) in [5.74, 6) is 1.33. The van der Waals surface area contributed by atoms with Gasteiger partial charge in [-0.05, 0) is 69.3 Å². The monoisotopic (exact) mass is 379 g/mol. The van der Waals surface area contributed by atoms with E-state index in [0.717, 1.165) is 38.2 Å². The Balaban J connectivity index is 1.65. The molecule has 2 fully saturated rings. The minimum atomic E-state index is 0.0373. The summed E-state index contributed by atoms with van der Waals surface area (Å²) >= 11 is 6.24. The van der Waals surface area contributed by atoms with Gasteiger partial charge in [-0.1, -0.05) is 17.7 Å². The highest BCUT2D eigenvalue weighted by molar-refractivity contribution is 6.30. The van der Waals surface area contributed by atoms with Crippen LogP contribution in [0.15, 0.2) is 18.2 Å². The number of nitrogens with two attached hydrogens (primary N) is 1. The van der Waals surface area contributed by atoms with Crippen molar-refractivity contribution in [2.24, 2.45) is 5.73 Å². The fourth-order valence-electron chi connectivity index (χ4n) is 4.10. The SMILES string of the molecule is CC(CN1CCCC1)Oc1cc(Cl)ccc1C1CCN(C(=O)CN)CC1. The van der Waals surface area contributed by atoms with Gasteiger partial charge in [0.1, 0.15) is 11.9 Å². The molecule has 1 aromatic carbocycles. The van der Waals surface area contributed by atoms with Gasteiger partial charge >= 0.3 is 0 Å². The van der Waals surface area contributed by atoms with E-state index in [1.807, 2.05) is 17.0 Å². The molecule has 2 saturated heterocycles. The van der Waals surface area contributed by atoms with Crippen molar-refractivity contribution < 1.29 is 9.53 Å². The van der Waals surface area contributed by atoms with Crippen molar-refractivity contribution in [3.05, 3.63) is 28.8 Å². The molecule has 1 aromatic rings.